The van der Waals surface area contributed by atoms with E-state index in [9.17, 15) is 7.61 Å². The van der Waals surface area contributed by atoms with Gasteiger partial charge in [0.1, 0.15) is 0 Å². The summed E-state index contributed by atoms with van der Waals surface area (Å²) >= 11 is -4.48. The van der Waals surface area contributed by atoms with Crippen LogP contribution in [0.25, 0.3) is 0 Å². The maximum atomic E-state index is 11.2. The molecule has 0 aliphatic rings. The van der Waals surface area contributed by atoms with E-state index in [4.69, 9.17) is 7.58 Å². The van der Waals surface area contributed by atoms with E-state index in [0.717, 1.165) is 38.5 Å². The van der Waals surface area contributed by atoms with Crippen LogP contribution in [0.5, 0.6) is 0 Å². The van der Waals surface area contributed by atoms with Gasteiger partial charge in [0.25, 0.3) is 0 Å². The first kappa shape index (κ1) is 15.1. The average molecular weight is 258 g/mol. The second-order valence-corrected chi connectivity index (χ2v) is 5.48. The van der Waals surface area contributed by atoms with Crippen molar-refractivity contribution in [1.82, 2.24) is 0 Å². The van der Waals surface area contributed by atoms with Crippen LogP contribution >= 0.6 is 0 Å². The summed E-state index contributed by atoms with van der Waals surface area (Å²) in [7, 11) is 0. The number of unbranched alkanes of at least 4 members (excludes halogenated alkanes) is 4. The molecule has 0 rings (SSSR count). The molecule has 0 saturated heterocycles. The van der Waals surface area contributed by atoms with E-state index in [2.05, 4.69) is 6.92 Å². The van der Waals surface area contributed by atoms with E-state index in [-0.39, 0.29) is 13.2 Å². The van der Waals surface area contributed by atoms with Crippen LogP contribution in [0.4, 0.5) is 0 Å². The monoisotopic (exact) mass is 258 g/mol. The molecule has 0 radical (unpaired) electrons. The molecule has 0 aromatic heterocycles. The summed E-state index contributed by atoms with van der Waals surface area (Å²) in [4.78, 5) is 0. The molecule has 4 nitrogen and oxygen atoms in total. The van der Waals surface area contributed by atoms with Gasteiger partial charge in [0, 0.05) is 0 Å². The third kappa shape index (κ3) is 10.3. The number of hydrogen-bond acceptors (Lipinski definition) is 4. The van der Waals surface area contributed by atoms with Crippen LogP contribution in [0.2, 0.25) is 0 Å². The fraction of sp³-hybridized carbons (Fsp3) is 1.00. The second-order valence-electron chi connectivity index (χ2n) is 3.47. The van der Waals surface area contributed by atoms with Gasteiger partial charge in [-0.3, -0.25) is 0 Å². The van der Waals surface area contributed by atoms with E-state index >= 15 is 0 Å². The molecule has 0 aliphatic heterocycles. The van der Waals surface area contributed by atoms with Crippen molar-refractivity contribution < 1.29 is 28.8 Å². The van der Waals surface area contributed by atoms with Crippen LogP contribution in [0, 0.1) is 0 Å². The van der Waals surface area contributed by atoms with Gasteiger partial charge in [0.05, 0.1) is 0 Å². The average Bonchev–Trinajstić information content (AvgIpc) is 2.17. The molecule has 0 atom stereocenters. The van der Waals surface area contributed by atoms with Gasteiger partial charge in [-0.1, -0.05) is 0 Å². The molecule has 0 spiro atoms. The molecule has 0 bridgehead atoms. The maximum absolute atomic E-state index is 11.2. The van der Waals surface area contributed by atoms with Gasteiger partial charge < -0.3 is 0 Å². The van der Waals surface area contributed by atoms with Gasteiger partial charge in [0.2, 0.25) is 0 Å². The van der Waals surface area contributed by atoms with E-state index in [1.165, 1.54) is 0 Å². The second kappa shape index (κ2) is 9.29. The third-order valence-corrected chi connectivity index (χ3v) is 3.37. The van der Waals surface area contributed by atoms with Gasteiger partial charge in [-0.2, -0.15) is 0 Å². The van der Waals surface area contributed by atoms with Gasteiger partial charge in [-0.05, 0) is 0 Å². The first-order valence-corrected chi connectivity index (χ1v) is 7.74. The Kier molecular flexibility index (Phi) is 9.32. The molecule has 5 heteroatoms. The fourth-order valence-corrected chi connectivity index (χ4v) is 2.14. The van der Waals surface area contributed by atoms with E-state index in [1.807, 2.05) is 6.92 Å². The topological polar surface area (TPSA) is 52.6 Å². The van der Waals surface area contributed by atoms with E-state index in [1.54, 1.807) is 0 Å². The molecule has 0 aliphatic carbocycles. The Balaban J connectivity index is 3.47. The van der Waals surface area contributed by atoms with E-state index < -0.39 is 13.6 Å². The fourth-order valence-electron chi connectivity index (χ4n) is 1.03. The SMILES string of the molecule is CCCCCC[O][Cr](=[O])(=[O])[O]CCCC. The van der Waals surface area contributed by atoms with Crippen LogP contribution in [0.15, 0.2) is 0 Å². The van der Waals surface area contributed by atoms with Crippen molar-refractivity contribution in [3.63, 3.8) is 0 Å². The Hall–Kier alpha value is 0.0525. The molecule has 0 aromatic rings. The van der Waals surface area contributed by atoms with Gasteiger partial charge >= 0.3 is 94.4 Å². The van der Waals surface area contributed by atoms with Crippen LogP contribution < -0.4 is 0 Å². The van der Waals surface area contributed by atoms with Gasteiger partial charge in [0.15, 0.2) is 0 Å². The Labute approximate surface area is 94.7 Å². The Bertz CT molecular complexity index is 224. The molecule has 0 saturated carbocycles. The molecular weight excluding hydrogens is 236 g/mol. The normalized spacial score (nSPS) is 11.9. The predicted molar refractivity (Wildman–Crippen MR) is 52.3 cm³/mol. The summed E-state index contributed by atoms with van der Waals surface area (Å²) in [5.41, 5.74) is 0. The van der Waals surface area contributed by atoms with Crippen molar-refractivity contribution in [2.45, 2.75) is 52.4 Å². The minimum absolute atomic E-state index is 0.248. The van der Waals surface area contributed by atoms with Crippen molar-refractivity contribution in [3.8, 4) is 0 Å². The molecule has 0 amide bonds. The zero-order valence-corrected chi connectivity index (χ0v) is 11.0. The number of rotatable bonds is 10. The zero-order valence-electron chi connectivity index (χ0n) is 9.70. The van der Waals surface area contributed by atoms with E-state index in [0.29, 0.717) is 0 Å². The van der Waals surface area contributed by atoms with Crippen molar-refractivity contribution in [2.75, 3.05) is 13.2 Å². The van der Waals surface area contributed by atoms with Crippen LogP contribution in [-0.4, -0.2) is 13.2 Å². The van der Waals surface area contributed by atoms with Crippen LogP contribution in [0.1, 0.15) is 52.4 Å². The van der Waals surface area contributed by atoms with Gasteiger partial charge in [-0.25, -0.2) is 0 Å². The van der Waals surface area contributed by atoms with Crippen LogP contribution in [0.3, 0.4) is 0 Å². The summed E-state index contributed by atoms with van der Waals surface area (Å²) in [5.74, 6) is 0. The molecule has 0 fully saturated rings. The summed E-state index contributed by atoms with van der Waals surface area (Å²) in [5, 5.41) is 0. The molecular formula is C10H22CrO4. The molecule has 0 N–H and O–H groups in total. The Morgan fingerprint density at radius 1 is 0.800 bits per heavy atom. The van der Waals surface area contributed by atoms with Gasteiger partial charge in [-0.15, -0.1) is 0 Å². The molecule has 92 valence electrons. The molecule has 15 heavy (non-hydrogen) atoms. The molecule has 0 aromatic carbocycles. The zero-order chi connectivity index (χ0) is 11.6. The minimum atomic E-state index is -4.48. The summed E-state index contributed by atoms with van der Waals surface area (Å²) in [6.07, 6.45) is 5.72. The predicted octanol–water partition coefficient (Wildman–Crippen LogP) is 3.07. The Morgan fingerprint density at radius 2 is 1.33 bits per heavy atom. The third-order valence-electron chi connectivity index (χ3n) is 1.95. The quantitative estimate of drug-likeness (QED) is 0.565. The standard InChI is InChI=1S/C6H13O.C4H9O.Cr.2O/c1-2-3-4-5-6-7;1-2-3-4-5;;;/h2-6H2,1H3;2-4H2,1H3;;;/q2*-1;+2;;. The molecule has 0 unspecified atom stereocenters. The van der Waals surface area contributed by atoms with Crippen molar-refractivity contribution >= 4 is 0 Å². The number of hydrogen-bond donors (Lipinski definition) is 0. The van der Waals surface area contributed by atoms with Crippen molar-refractivity contribution in [3.05, 3.63) is 0 Å². The van der Waals surface area contributed by atoms with Crippen molar-refractivity contribution in [2.24, 2.45) is 0 Å². The molecule has 0 heterocycles. The Morgan fingerprint density at radius 3 is 1.87 bits per heavy atom. The first-order valence-electron chi connectivity index (χ1n) is 5.66. The summed E-state index contributed by atoms with van der Waals surface area (Å²) < 4.78 is 31.8. The first-order chi connectivity index (χ1) is 7.12. The summed E-state index contributed by atoms with van der Waals surface area (Å²) in [6, 6.07) is 0. The van der Waals surface area contributed by atoms with Crippen molar-refractivity contribution in [1.29, 1.82) is 0 Å². The van der Waals surface area contributed by atoms with Crippen LogP contribution in [-0.2, 0) is 28.8 Å². The summed E-state index contributed by atoms with van der Waals surface area (Å²) in [6.45, 7) is 4.60.